The summed E-state index contributed by atoms with van der Waals surface area (Å²) in [6.45, 7) is 0. The molecule has 0 aromatic carbocycles. The number of nitrogens with one attached hydrogen (secondary N) is 2. The number of rotatable bonds is 3. The predicted molar refractivity (Wildman–Crippen MR) is 49.2 cm³/mol. The van der Waals surface area contributed by atoms with Crippen molar-refractivity contribution in [1.29, 1.82) is 0 Å². The smallest absolute Gasteiger partial charge is 0.273 e. The average molecular weight is 208 g/mol. The molecule has 2 heterocycles. The van der Waals surface area contributed by atoms with E-state index in [4.69, 9.17) is 15.3 Å². The molecule has 4 N–H and O–H groups in total. The zero-order chi connectivity index (χ0) is 10.7. The Morgan fingerprint density at radius 2 is 2.47 bits per heavy atom. The highest BCUT2D eigenvalue weighted by atomic mass is 16.7. The van der Waals surface area contributed by atoms with E-state index in [2.05, 4.69) is 15.7 Å². The van der Waals surface area contributed by atoms with E-state index in [1.807, 2.05) is 0 Å². The number of H-pyrrole nitrogens is 1. The Morgan fingerprint density at radius 3 is 3.13 bits per heavy atom. The van der Waals surface area contributed by atoms with Crippen LogP contribution in [0.15, 0.2) is 30.5 Å². The van der Waals surface area contributed by atoms with E-state index in [1.54, 1.807) is 12.2 Å². The maximum atomic E-state index is 10.9. The molecule has 1 aromatic rings. The van der Waals surface area contributed by atoms with Gasteiger partial charge in [-0.05, 0) is 6.08 Å². The Bertz CT molecular complexity index is 435. The van der Waals surface area contributed by atoms with Crippen LogP contribution in [0.5, 0.6) is 5.75 Å². The molecule has 1 aromatic heterocycles. The second-order valence-corrected chi connectivity index (χ2v) is 2.64. The topological polar surface area (TPSA) is 102 Å². The number of carbonyl (C=O) groups excluding carboxylic acids is 1. The number of ether oxygens (including phenoxy) is 1. The molecule has 0 bridgehead atoms. The number of allylic oxidation sites excluding steroid dienone is 2. The summed E-state index contributed by atoms with van der Waals surface area (Å²) in [6.07, 6.45) is 6.12. The quantitative estimate of drug-likeness (QED) is 0.637. The number of amides is 1. The molecule has 0 saturated heterocycles. The summed E-state index contributed by atoms with van der Waals surface area (Å²) in [5, 5.41) is 6.12. The summed E-state index contributed by atoms with van der Waals surface area (Å²) in [4.78, 5) is 15.7. The van der Waals surface area contributed by atoms with Gasteiger partial charge in [-0.25, -0.2) is 0 Å². The fraction of sp³-hybridized carbons (Fsp3) is 0. The molecule has 7 nitrogen and oxygen atoms in total. The summed E-state index contributed by atoms with van der Waals surface area (Å²) in [6, 6.07) is 0. The first-order chi connectivity index (χ1) is 7.27. The SMILES string of the molecule is NC(=O)c1n[nH]cc1OC1=CC=CON1. The Kier molecular flexibility index (Phi) is 2.28. The van der Waals surface area contributed by atoms with Gasteiger partial charge in [-0.1, -0.05) is 0 Å². The largest absolute Gasteiger partial charge is 0.434 e. The molecular weight excluding hydrogens is 200 g/mol. The van der Waals surface area contributed by atoms with Gasteiger partial charge in [0, 0.05) is 6.08 Å². The summed E-state index contributed by atoms with van der Waals surface area (Å²) in [5.74, 6) is -0.0966. The van der Waals surface area contributed by atoms with E-state index in [9.17, 15) is 4.79 Å². The molecule has 0 fully saturated rings. The molecule has 0 saturated carbocycles. The average Bonchev–Trinajstić information content (AvgIpc) is 2.67. The van der Waals surface area contributed by atoms with Crippen LogP contribution in [0, 0.1) is 0 Å². The van der Waals surface area contributed by atoms with E-state index in [-0.39, 0.29) is 11.4 Å². The highest BCUT2D eigenvalue weighted by Crippen LogP contribution is 2.16. The van der Waals surface area contributed by atoms with Crippen LogP contribution in [-0.4, -0.2) is 16.1 Å². The number of primary amides is 1. The number of aromatic nitrogens is 2. The molecular formula is C8H8N4O3. The van der Waals surface area contributed by atoms with Crippen molar-refractivity contribution in [2.75, 3.05) is 0 Å². The standard InChI is InChI=1S/C8H8N4O3/c9-8(13)7-5(4-10-11-7)15-6-2-1-3-14-12-6/h1-4,12H,(H2,9,13)(H,10,11). The van der Waals surface area contributed by atoms with Crippen LogP contribution < -0.4 is 16.0 Å². The molecule has 0 aliphatic carbocycles. The lowest BCUT2D eigenvalue weighted by Crippen LogP contribution is -2.19. The normalized spacial score (nSPS) is 13.7. The van der Waals surface area contributed by atoms with Crippen molar-refractivity contribution in [1.82, 2.24) is 15.7 Å². The Labute approximate surface area is 84.5 Å². The van der Waals surface area contributed by atoms with Crippen molar-refractivity contribution in [2.45, 2.75) is 0 Å². The summed E-state index contributed by atoms with van der Waals surface area (Å²) in [5.41, 5.74) is 7.59. The molecule has 0 spiro atoms. The van der Waals surface area contributed by atoms with Gasteiger partial charge in [-0.15, -0.1) is 0 Å². The lowest BCUT2D eigenvalue weighted by Gasteiger charge is -2.11. The van der Waals surface area contributed by atoms with Crippen LogP contribution in [0.2, 0.25) is 0 Å². The molecule has 1 amide bonds. The molecule has 0 unspecified atom stereocenters. The lowest BCUT2D eigenvalue weighted by atomic mass is 10.4. The minimum atomic E-state index is -0.667. The van der Waals surface area contributed by atoms with Crippen molar-refractivity contribution in [3.05, 3.63) is 36.2 Å². The first-order valence-electron chi connectivity index (χ1n) is 4.07. The van der Waals surface area contributed by atoms with E-state index in [0.29, 0.717) is 5.88 Å². The Morgan fingerprint density at radius 1 is 1.60 bits per heavy atom. The fourth-order valence-electron chi connectivity index (χ4n) is 0.999. The highest BCUT2D eigenvalue weighted by Gasteiger charge is 2.14. The van der Waals surface area contributed by atoms with E-state index in [0.717, 1.165) is 0 Å². The van der Waals surface area contributed by atoms with E-state index < -0.39 is 5.91 Å². The van der Waals surface area contributed by atoms with Gasteiger partial charge in [0.15, 0.2) is 11.4 Å². The highest BCUT2D eigenvalue weighted by molar-refractivity contribution is 5.93. The van der Waals surface area contributed by atoms with Crippen molar-refractivity contribution >= 4 is 5.91 Å². The second-order valence-electron chi connectivity index (χ2n) is 2.64. The van der Waals surface area contributed by atoms with E-state index in [1.165, 1.54) is 12.5 Å². The molecule has 1 aliphatic rings. The monoisotopic (exact) mass is 208 g/mol. The number of nitrogens with two attached hydrogens (primary N) is 1. The number of aromatic amines is 1. The predicted octanol–water partition coefficient (Wildman–Crippen LogP) is -0.223. The molecule has 0 atom stereocenters. The second kappa shape index (κ2) is 3.74. The van der Waals surface area contributed by atoms with Crippen LogP contribution in [0.3, 0.4) is 0 Å². The first kappa shape index (κ1) is 9.13. The lowest BCUT2D eigenvalue weighted by molar-refractivity contribution is 0.0984. The molecule has 0 radical (unpaired) electrons. The van der Waals surface area contributed by atoms with Crippen molar-refractivity contribution in [2.24, 2.45) is 5.73 Å². The van der Waals surface area contributed by atoms with Gasteiger partial charge >= 0.3 is 0 Å². The minimum Gasteiger partial charge on any atom is -0.434 e. The third-order valence-corrected chi connectivity index (χ3v) is 1.61. The first-order valence-corrected chi connectivity index (χ1v) is 4.07. The summed E-state index contributed by atoms with van der Waals surface area (Å²) >= 11 is 0. The van der Waals surface area contributed by atoms with Crippen LogP contribution in [0.1, 0.15) is 10.5 Å². The maximum Gasteiger partial charge on any atom is 0.273 e. The summed E-state index contributed by atoms with van der Waals surface area (Å²) < 4.78 is 5.27. The number of hydroxylamine groups is 1. The summed E-state index contributed by atoms with van der Waals surface area (Å²) in [7, 11) is 0. The Hall–Kier alpha value is -2.44. The van der Waals surface area contributed by atoms with Gasteiger partial charge in [-0.2, -0.15) is 10.6 Å². The van der Waals surface area contributed by atoms with E-state index >= 15 is 0 Å². The molecule has 78 valence electrons. The van der Waals surface area contributed by atoms with Gasteiger partial charge in [0.25, 0.3) is 5.91 Å². The third kappa shape index (κ3) is 1.90. The number of hydrogen-bond donors (Lipinski definition) is 3. The molecule has 2 rings (SSSR count). The van der Waals surface area contributed by atoms with Gasteiger partial charge in [0.05, 0.1) is 6.20 Å². The van der Waals surface area contributed by atoms with Crippen LogP contribution >= 0.6 is 0 Å². The fourth-order valence-corrected chi connectivity index (χ4v) is 0.999. The van der Waals surface area contributed by atoms with Gasteiger partial charge < -0.3 is 15.3 Å². The van der Waals surface area contributed by atoms with Gasteiger partial charge in [-0.3, -0.25) is 9.89 Å². The number of carbonyl (C=O) groups is 1. The van der Waals surface area contributed by atoms with Gasteiger partial charge in [0.2, 0.25) is 5.88 Å². The van der Waals surface area contributed by atoms with Crippen LogP contribution in [-0.2, 0) is 4.84 Å². The number of hydrogen-bond acceptors (Lipinski definition) is 5. The van der Waals surface area contributed by atoms with Crippen molar-refractivity contribution in [3.63, 3.8) is 0 Å². The van der Waals surface area contributed by atoms with Crippen molar-refractivity contribution in [3.8, 4) is 5.75 Å². The molecule has 15 heavy (non-hydrogen) atoms. The zero-order valence-corrected chi connectivity index (χ0v) is 7.56. The van der Waals surface area contributed by atoms with Crippen molar-refractivity contribution < 1.29 is 14.4 Å². The van der Waals surface area contributed by atoms with Gasteiger partial charge in [0.1, 0.15) is 6.26 Å². The Balaban J connectivity index is 2.16. The minimum absolute atomic E-state index is 0.0345. The van der Waals surface area contributed by atoms with Crippen LogP contribution in [0.4, 0.5) is 0 Å². The zero-order valence-electron chi connectivity index (χ0n) is 7.56. The maximum absolute atomic E-state index is 10.9. The molecule has 1 aliphatic heterocycles. The number of nitrogens with zero attached hydrogens (tertiary/aromatic N) is 1. The third-order valence-electron chi connectivity index (χ3n) is 1.61. The van der Waals surface area contributed by atoms with Crippen LogP contribution in [0.25, 0.3) is 0 Å². The molecule has 7 heteroatoms.